The summed E-state index contributed by atoms with van der Waals surface area (Å²) in [7, 11) is 0. The van der Waals surface area contributed by atoms with Crippen molar-refractivity contribution in [1.82, 2.24) is 5.32 Å². The number of carbonyl (C=O) groups is 2. The van der Waals surface area contributed by atoms with Gasteiger partial charge in [-0.05, 0) is 31.6 Å². The van der Waals surface area contributed by atoms with Gasteiger partial charge in [-0.25, -0.2) is 0 Å². The second kappa shape index (κ2) is 8.64. The number of rotatable bonds is 8. The highest BCUT2D eigenvalue weighted by Crippen LogP contribution is 2.10. The van der Waals surface area contributed by atoms with Crippen LogP contribution < -0.4 is 5.32 Å². The average molecular weight is 295 g/mol. The molecule has 0 saturated carbocycles. The van der Waals surface area contributed by atoms with E-state index in [9.17, 15) is 9.59 Å². The molecule has 1 aromatic carbocycles. The molecule has 0 aliphatic heterocycles. The molecule has 1 amide bonds. The Balaban J connectivity index is 2.64. The lowest BCUT2D eigenvalue weighted by atomic mass is 10.0. The number of benzene rings is 1. The van der Waals surface area contributed by atoms with Gasteiger partial charge in [0.1, 0.15) is 0 Å². The van der Waals surface area contributed by atoms with Gasteiger partial charge in [-0.15, -0.1) is 0 Å². The van der Waals surface area contributed by atoms with Crippen molar-refractivity contribution in [3.63, 3.8) is 0 Å². The van der Waals surface area contributed by atoms with Crippen LogP contribution in [0.1, 0.15) is 25.3 Å². The molecule has 20 heavy (non-hydrogen) atoms. The lowest BCUT2D eigenvalue weighted by Gasteiger charge is -2.20. The summed E-state index contributed by atoms with van der Waals surface area (Å²) in [5.41, 5.74) is 1.10. The molecular formula is C15H21NO3S. The van der Waals surface area contributed by atoms with Gasteiger partial charge >= 0.3 is 5.97 Å². The number of aliphatic carboxylic acids is 1. The van der Waals surface area contributed by atoms with E-state index in [-0.39, 0.29) is 23.6 Å². The van der Waals surface area contributed by atoms with Crippen LogP contribution in [0.5, 0.6) is 0 Å². The highest BCUT2D eigenvalue weighted by molar-refractivity contribution is 7.99. The molecule has 1 aromatic rings. The minimum Gasteiger partial charge on any atom is -0.481 e. The highest BCUT2D eigenvalue weighted by Gasteiger charge is 2.18. The Labute approximate surface area is 124 Å². The van der Waals surface area contributed by atoms with Crippen molar-refractivity contribution >= 4 is 23.6 Å². The van der Waals surface area contributed by atoms with Crippen molar-refractivity contribution in [3.8, 4) is 0 Å². The fraction of sp³-hybridized carbons (Fsp3) is 0.467. The van der Waals surface area contributed by atoms with E-state index in [1.807, 2.05) is 43.5 Å². The lowest BCUT2D eigenvalue weighted by Crippen LogP contribution is -2.40. The molecule has 1 rings (SSSR count). The molecule has 0 spiro atoms. The van der Waals surface area contributed by atoms with Gasteiger partial charge in [0.2, 0.25) is 5.91 Å². The quantitative estimate of drug-likeness (QED) is 0.772. The normalized spacial score (nSPS) is 13.5. The van der Waals surface area contributed by atoms with Crippen LogP contribution in [0.25, 0.3) is 0 Å². The number of thioether (sulfide) groups is 1. The van der Waals surface area contributed by atoms with Gasteiger partial charge in [0.25, 0.3) is 0 Å². The smallest absolute Gasteiger partial charge is 0.303 e. The number of carboxylic acids is 1. The van der Waals surface area contributed by atoms with E-state index < -0.39 is 5.97 Å². The molecule has 5 heteroatoms. The van der Waals surface area contributed by atoms with E-state index >= 15 is 0 Å². The van der Waals surface area contributed by atoms with Gasteiger partial charge in [0, 0.05) is 12.5 Å². The zero-order valence-corrected chi connectivity index (χ0v) is 12.7. The topological polar surface area (TPSA) is 66.4 Å². The summed E-state index contributed by atoms with van der Waals surface area (Å²) in [4.78, 5) is 22.7. The van der Waals surface area contributed by atoms with E-state index in [4.69, 9.17) is 5.11 Å². The Morgan fingerprint density at radius 3 is 2.50 bits per heavy atom. The number of nitrogens with one attached hydrogen (secondary N) is 1. The minimum absolute atomic E-state index is 0.0381. The van der Waals surface area contributed by atoms with E-state index in [0.717, 1.165) is 5.56 Å². The second-order valence-corrected chi connectivity index (χ2v) is 5.88. The standard InChI is InChI=1S/C15H21NO3S/c1-11(20-2)15(19)16-13(8-9-14(17)18)10-12-6-4-3-5-7-12/h3-7,11,13H,8-10H2,1-2H3,(H,16,19)(H,17,18). The second-order valence-electron chi connectivity index (χ2n) is 4.71. The van der Waals surface area contributed by atoms with Crippen LogP contribution in [0.2, 0.25) is 0 Å². The summed E-state index contributed by atoms with van der Waals surface area (Å²) >= 11 is 1.48. The van der Waals surface area contributed by atoms with E-state index in [2.05, 4.69) is 5.32 Å². The largest absolute Gasteiger partial charge is 0.481 e. The van der Waals surface area contributed by atoms with Gasteiger partial charge in [-0.2, -0.15) is 11.8 Å². The molecular weight excluding hydrogens is 274 g/mol. The fourth-order valence-corrected chi connectivity index (χ4v) is 2.13. The third kappa shape index (κ3) is 6.10. The van der Waals surface area contributed by atoms with Crippen molar-refractivity contribution in [2.75, 3.05) is 6.26 Å². The Hall–Kier alpha value is -1.49. The van der Waals surface area contributed by atoms with Crippen molar-refractivity contribution in [3.05, 3.63) is 35.9 Å². The van der Waals surface area contributed by atoms with Gasteiger partial charge in [0.15, 0.2) is 0 Å². The predicted molar refractivity (Wildman–Crippen MR) is 81.9 cm³/mol. The predicted octanol–water partition coefficient (Wildman–Crippen LogP) is 2.33. The van der Waals surface area contributed by atoms with Crippen LogP contribution >= 0.6 is 11.8 Å². The summed E-state index contributed by atoms with van der Waals surface area (Å²) in [6, 6.07) is 9.64. The van der Waals surface area contributed by atoms with Crippen LogP contribution in [-0.2, 0) is 16.0 Å². The maximum absolute atomic E-state index is 11.9. The number of hydrogen-bond acceptors (Lipinski definition) is 3. The van der Waals surface area contributed by atoms with Gasteiger partial charge in [0.05, 0.1) is 5.25 Å². The molecule has 0 radical (unpaired) electrons. The fourth-order valence-electron chi connectivity index (χ4n) is 1.85. The van der Waals surface area contributed by atoms with Crippen LogP contribution in [0.15, 0.2) is 30.3 Å². The van der Waals surface area contributed by atoms with Gasteiger partial charge < -0.3 is 10.4 Å². The monoisotopic (exact) mass is 295 g/mol. The van der Waals surface area contributed by atoms with Gasteiger partial charge in [-0.3, -0.25) is 9.59 Å². The molecule has 0 heterocycles. The molecule has 0 saturated heterocycles. The van der Waals surface area contributed by atoms with Crippen molar-refractivity contribution in [1.29, 1.82) is 0 Å². The van der Waals surface area contributed by atoms with Crippen LogP contribution in [-0.4, -0.2) is 34.5 Å². The average Bonchev–Trinajstić information content (AvgIpc) is 2.44. The van der Waals surface area contributed by atoms with E-state index in [1.165, 1.54) is 11.8 Å². The van der Waals surface area contributed by atoms with Crippen molar-refractivity contribution in [2.45, 2.75) is 37.5 Å². The lowest BCUT2D eigenvalue weighted by molar-refractivity contribution is -0.137. The highest BCUT2D eigenvalue weighted by atomic mass is 32.2. The van der Waals surface area contributed by atoms with Crippen LogP contribution in [0, 0.1) is 0 Å². The Morgan fingerprint density at radius 2 is 1.95 bits per heavy atom. The summed E-state index contributed by atoms with van der Waals surface area (Å²) in [5, 5.41) is 11.6. The summed E-state index contributed by atoms with van der Waals surface area (Å²) < 4.78 is 0. The first-order chi connectivity index (χ1) is 9.52. The molecule has 110 valence electrons. The molecule has 0 aliphatic rings. The van der Waals surface area contributed by atoms with Crippen LogP contribution in [0.4, 0.5) is 0 Å². The van der Waals surface area contributed by atoms with Crippen molar-refractivity contribution < 1.29 is 14.7 Å². The molecule has 0 bridgehead atoms. The Bertz CT molecular complexity index is 436. The molecule has 0 fully saturated rings. The Kier molecular flexibility index (Phi) is 7.15. The van der Waals surface area contributed by atoms with Crippen molar-refractivity contribution in [2.24, 2.45) is 0 Å². The number of carboxylic acid groups (broad SMARTS) is 1. The first-order valence-electron chi connectivity index (χ1n) is 6.61. The minimum atomic E-state index is -0.838. The molecule has 0 aromatic heterocycles. The molecule has 2 N–H and O–H groups in total. The maximum Gasteiger partial charge on any atom is 0.303 e. The van der Waals surface area contributed by atoms with Crippen LogP contribution in [0.3, 0.4) is 0 Å². The molecule has 2 unspecified atom stereocenters. The zero-order valence-electron chi connectivity index (χ0n) is 11.8. The number of carbonyl (C=O) groups excluding carboxylic acids is 1. The van der Waals surface area contributed by atoms with E-state index in [1.54, 1.807) is 0 Å². The Morgan fingerprint density at radius 1 is 1.30 bits per heavy atom. The summed E-state index contributed by atoms with van der Waals surface area (Å²) in [6.07, 6.45) is 3.04. The van der Waals surface area contributed by atoms with E-state index in [0.29, 0.717) is 12.8 Å². The third-order valence-corrected chi connectivity index (χ3v) is 4.02. The molecule has 0 aliphatic carbocycles. The summed E-state index contributed by atoms with van der Waals surface area (Å²) in [5.74, 6) is -0.876. The first-order valence-corrected chi connectivity index (χ1v) is 7.90. The van der Waals surface area contributed by atoms with Gasteiger partial charge in [-0.1, -0.05) is 30.3 Å². The SMILES string of the molecule is CSC(C)C(=O)NC(CCC(=O)O)Cc1ccccc1. The third-order valence-electron chi connectivity index (χ3n) is 3.10. The maximum atomic E-state index is 11.9. The summed E-state index contributed by atoms with van der Waals surface area (Å²) in [6.45, 7) is 1.84. The first kappa shape index (κ1) is 16.6. The zero-order chi connectivity index (χ0) is 15.0. The number of amides is 1. The number of hydrogen-bond donors (Lipinski definition) is 2. The molecule has 4 nitrogen and oxygen atoms in total. The molecule has 2 atom stereocenters.